The number of benzene rings is 2. The molecule has 0 saturated heterocycles. The van der Waals surface area contributed by atoms with Crippen molar-refractivity contribution in [3.8, 4) is 5.75 Å². The molecule has 0 spiro atoms. The average molecular weight is 294 g/mol. The summed E-state index contributed by atoms with van der Waals surface area (Å²) in [4.78, 5) is 0. The zero-order valence-corrected chi connectivity index (χ0v) is 12.2. The van der Waals surface area contributed by atoms with Crippen LogP contribution in [0.4, 0.5) is 4.39 Å². The predicted octanol–water partition coefficient (Wildman–Crippen LogP) is 4.31. The van der Waals surface area contributed by atoms with E-state index in [2.05, 4.69) is 0 Å². The summed E-state index contributed by atoms with van der Waals surface area (Å²) in [6.45, 7) is 3.89. The van der Waals surface area contributed by atoms with Gasteiger partial charge < -0.3 is 10.5 Å². The summed E-state index contributed by atoms with van der Waals surface area (Å²) >= 11 is 6.05. The molecule has 0 radical (unpaired) electrons. The number of rotatable bonds is 4. The highest BCUT2D eigenvalue weighted by Gasteiger charge is 2.17. The summed E-state index contributed by atoms with van der Waals surface area (Å²) in [7, 11) is 0. The molecule has 0 aliphatic carbocycles. The minimum absolute atomic E-state index is 0.0681. The van der Waals surface area contributed by atoms with Gasteiger partial charge in [-0.3, -0.25) is 0 Å². The van der Waals surface area contributed by atoms with Crippen molar-refractivity contribution in [3.63, 3.8) is 0 Å². The normalized spacial score (nSPS) is 12.5. The van der Waals surface area contributed by atoms with Gasteiger partial charge in [-0.1, -0.05) is 29.8 Å². The van der Waals surface area contributed by atoms with Gasteiger partial charge in [0, 0.05) is 10.6 Å². The maximum absolute atomic E-state index is 13.9. The molecule has 2 nitrogen and oxygen atoms in total. The van der Waals surface area contributed by atoms with Crippen LogP contribution in [0.25, 0.3) is 0 Å². The lowest BCUT2D eigenvalue weighted by molar-refractivity contribution is 0.242. The molecule has 2 aromatic rings. The summed E-state index contributed by atoms with van der Waals surface area (Å²) in [6, 6.07) is 11.3. The molecule has 106 valence electrons. The lowest BCUT2D eigenvalue weighted by Gasteiger charge is -2.17. The largest absolute Gasteiger partial charge is 0.491 e. The minimum atomic E-state index is -0.626. The van der Waals surface area contributed by atoms with Gasteiger partial charge in [-0.05, 0) is 43.7 Å². The monoisotopic (exact) mass is 293 g/mol. The SMILES string of the molecule is CC(C)Oc1cccc(C(N)c2c(F)cccc2Cl)c1. The van der Waals surface area contributed by atoms with E-state index in [-0.39, 0.29) is 6.10 Å². The van der Waals surface area contributed by atoms with Crippen molar-refractivity contribution in [1.29, 1.82) is 0 Å². The first-order chi connectivity index (χ1) is 9.49. The van der Waals surface area contributed by atoms with Crippen LogP contribution < -0.4 is 10.5 Å². The Labute approximate surface area is 123 Å². The molecule has 0 saturated carbocycles. The molecule has 1 unspecified atom stereocenters. The lowest BCUT2D eigenvalue weighted by Crippen LogP contribution is -2.15. The Bertz CT molecular complexity index is 581. The van der Waals surface area contributed by atoms with E-state index in [0.29, 0.717) is 16.3 Å². The lowest BCUT2D eigenvalue weighted by atomic mass is 9.99. The highest BCUT2D eigenvalue weighted by molar-refractivity contribution is 6.31. The van der Waals surface area contributed by atoms with Crippen LogP contribution in [0.15, 0.2) is 42.5 Å². The van der Waals surface area contributed by atoms with Gasteiger partial charge >= 0.3 is 0 Å². The molecule has 0 aromatic heterocycles. The minimum Gasteiger partial charge on any atom is -0.491 e. The van der Waals surface area contributed by atoms with Gasteiger partial charge in [-0.2, -0.15) is 0 Å². The van der Waals surface area contributed by atoms with E-state index >= 15 is 0 Å². The fourth-order valence-corrected chi connectivity index (χ4v) is 2.31. The van der Waals surface area contributed by atoms with Crippen molar-refractivity contribution in [2.75, 3.05) is 0 Å². The summed E-state index contributed by atoms with van der Waals surface area (Å²) < 4.78 is 19.5. The van der Waals surface area contributed by atoms with E-state index in [9.17, 15) is 4.39 Å². The second-order valence-corrected chi connectivity index (χ2v) is 5.26. The average Bonchev–Trinajstić information content (AvgIpc) is 2.38. The van der Waals surface area contributed by atoms with Crippen LogP contribution in [0.3, 0.4) is 0 Å². The van der Waals surface area contributed by atoms with Crippen molar-refractivity contribution in [1.82, 2.24) is 0 Å². The highest BCUT2D eigenvalue weighted by atomic mass is 35.5. The van der Waals surface area contributed by atoms with Crippen molar-refractivity contribution in [2.45, 2.75) is 26.0 Å². The molecular formula is C16H17ClFNO. The standard InChI is InChI=1S/C16H17ClFNO/c1-10(2)20-12-6-3-5-11(9-12)16(19)15-13(17)7-4-8-14(15)18/h3-10,16H,19H2,1-2H3. The van der Waals surface area contributed by atoms with Crippen molar-refractivity contribution in [2.24, 2.45) is 5.73 Å². The van der Waals surface area contributed by atoms with E-state index in [1.54, 1.807) is 12.1 Å². The number of halogens is 2. The van der Waals surface area contributed by atoms with Crippen LogP contribution in [0.5, 0.6) is 5.75 Å². The van der Waals surface area contributed by atoms with Crippen molar-refractivity contribution >= 4 is 11.6 Å². The van der Waals surface area contributed by atoms with Crippen LogP contribution in [0.1, 0.15) is 31.0 Å². The quantitative estimate of drug-likeness (QED) is 0.911. The Morgan fingerprint density at radius 2 is 1.85 bits per heavy atom. The van der Waals surface area contributed by atoms with E-state index in [0.717, 1.165) is 5.56 Å². The molecule has 0 fully saturated rings. The van der Waals surface area contributed by atoms with Gasteiger partial charge in [0.25, 0.3) is 0 Å². The molecule has 4 heteroatoms. The molecule has 2 rings (SSSR count). The van der Waals surface area contributed by atoms with E-state index in [4.69, 9.17) is 22.1 Å². The molecule has 0 amide bonds. The van der Waals surface area contributed by atoms with Crippen LogP contribution in [-0.2, 0) is 0 Å². The molecule has 0 aliphatic rings. The highest BCUT2D eigenvalue weighted by Crippen LogP contribution is 2.30. The number of ether oxygens (including phenoxy) is 1. The Morgan fingerprint density at radius 1 is 1.15 bits per heavy atom. The molecule has 2 N–H and O–H groups in total. The van der Waals surface area contributed by atoms with Gasteiger partial charge in [-0.25, -0.2) is 4.39 Å². The van der Waals surface area contributed by atoms with Gasteiger partial charge in [0.05, 0.1) is 12.1 Å². The first-order valence-corrected chi connectivity index (χ1v) is 6.83. The van der Waals surface area contributed by atoms with Crippen LogP contribution >= 0.6 is 11.6 Å². The smallest absolute Gasteiger partial charge is 0.129 e. The second kappa shape index (κ2) is 6.25. The molecule has 0 bridgehead atoms. The third-order valence-electron chi connectivity index (χ3n) is 2.90. The van der Waals surface area contributed by atoms with Crippen molar-refractivity contribution < 1.29 is 9.13 Å². The number of hydrogen-bond acceptors (Lipinski definition) is 2. The maximum atomic E-state index is 13.9. The fraction of sp³-hybridized carbons (Fsp3) is 0.250. The number of hydrogen-bond donors (Lipinski definition) is 1. The Kier molecular flexibility index (Phi) is 4.63. The summed E-state index contributed by atoms with van der Waals surface area (Å²) in [5, 5.41) is 0.327. The summed E-state index contributed by atoms with van der Waals surface area (Å²) in [6.07, 6.45) is 0.0681. The number of nitrogens with two attached hydrogens (primary N) is 1. The molecule has 0 aliphatic heterocycles. The Morgan fingerprint density at radius 3 is 2.50 bits per heavy atom. The third kappa shape index (κ3) is 3.30. The Balaban J connectivity index is 2.36. The second-order valence-electron chi connectivity index (χ2n) is 4.85. The molecule has 1 atom stereocenters. The Hall–Kier alpha value is -1.58. The van der Waals surface area contributed by atoms with Crippen LogP contribution in [0.2, 0.25) is 5.02 Å². The van der Waals surface area contributed by atoms with Gasteiger partial charge in [0.1, 0.15) is 11.6 Å². The van der Waals surface area contributed by atoms with Crippen LogP contribution in [0, 0.1) is 5.82 Å². The van der Waals surface area contributed by atoms with E-state index < -0.39 is 11.9 Å². The first-order valence-electron chi connectivity index (χ1n) is 6.45. The fourth-order valence-electron chi connectivity index (χ4n) is 2.03. The van der Waals surface area contributed by atoms with E-state index in [1.165, 1.54) is 6.07 Å². The predicted molar refractivity (Wildman–Crippen MR) is 79.6 cm³/mol. The van der Waals surface area contributed by atoms with Gasteiger partial charge in [0.2, 0.25) is 0 Å². The van der Waals surface area contributed by atoms with Gasteiger partial charge in [-0.15, -0.1) is 0 Å². The van der Waals surface area contributed by atoms with E-state index in [1.807, 2.05) is 38.1 Å². The zero-order valence-electron chi connectivity index (χ0n) is 11.4. The first kappa shape index (κ1) is 14.8. The zero-order chi connectivity index (χ0) is 14.7. The molecular weight excluding hydrogens is 277 g/mol. The topological polar surface area (TPSA) is 35.2 Å². The molecule has 0 heterocycles. The maximum Gasteiger partial charge on any atom is 0.129 e. The molecule has 20 heavy (non-hydrogen) atoms. The van der Waals surface area contributed by atoms with Crippen molar-refractivity contribution in [3.05, 3.63) is 64.4 Å². The summed E-state index contributed by atoms with van der Waals surface area (Å²) in [5.74, 6) is 0.306. The third-order valence-corrected chi connectivity index (χ3v) is 3.23. The summed E-state index contributed by atoms with van der Waals surface area (Å²) in [5.41, 5.74) is 7.20. The van der Waals surface area contributed by atoms with Crippen LogP contribution in [-0.4, -0.2) is 6.10 Å². The van der Waals surface area contributed by atoms with Gasteiger partial charge in [0.15, 0.2) is 0 Å². The molecule has 2 aromatic carbocycles.